The first-order valence-electron chi connectivity index (χ1n) is 9.07. The standard InChI is InChI=1S/C24H29N/c1-16-8-9-21-17(12-16)10-11-25-22(21)18-13-19(23(2,3)4)15-20(14-18)24(5,6)7/h8-15H,1-7H3. The number of pyridine rings is 1. The highest BCUT2D eigenvalue weighted by Gasteiger charge is 2.21. The molecule has 0 aliphatic rings. The van der Waals surface area contributed by atoms with E-state index in [0.717, 1.165) is 5.69 Å². The van der Waals surface area contributed by atoms with Gasteiger partial charge in [-0.2, -0.15) is 0 Å². The van der Waals surface area contributed by atoms with E-state index in [9.17, 15) is 0 Å². The largest absolute Gasteiger partial charge is 0.256 e. The first-order chi connectivity index (χ1) is 11.6. The van der Waals surface area contributed by atoms with Gasteiger partial charge in [0.1, 0.15) is 0 Å². The molecule has 0 spiro atoms. The number of aryl methyl sites for hydroxylation is 1. The van der Waals surface area contributed by atoms with Gasteiger partial charge in [0.15, 0.2) is 0 Å². The lowest BCUT2D eigenvalue weighted by atomic mass is 9.79. The Morgan fingerprint density at radius 1 is 0.720 bits per heavy atom. The molecule has 1 aromatic heterocycles. The molecule has 0 atom stereocenters. The molecule has 0 bridgehead atoms. The number of nitrogens with zero attached hydrogens (tertiary/aromatic N) is 1. The highest BCUT2D eigenvalue weighted by molar-refractivity contribution is 5.95. The fourth-order valence-corrected chi connectivity index (χ4v) is 3.16. The lowest BCUT2D eigenvalue weighted by molar-refractivity contribution is 0.569. The van der Waals surface area contributed by atoms with Crippen LogP contribution in [0.2, 0.25) is 0 Å². The van der Waals surface area contributed by atoms with Crippen molar-refractivity contribution >= 4 is 10.8 Å². The van der Waals surface area contributed by atoms with Crippen molar-refractivity contribution in [3.05, 3.63) is 65.4 Å². The average molecular weight is 332 g/mol. The predicted molar refractivity (Wildman–Crippen MR) is 109 cm³/mol. The summed E-state index contributed by atoms with van der Waals surface area (Å²) in [5.74, 6) is 0. The van der Waals surface area contributed by atoms with E-state index in [4.69, 9.17) is 4.98 Å². The second kappa shape index (κ2) is 5.98. The highest BCUT2D eigenvalue weighted by Crippen LogP contribution is 2.35. The molecule has 0 saturated carbocycles. The summed E-state index contributed by atoms with van der Waals surface area (Å²) in [5.41, 5.74) is 6.51. The fraction of sp³-hybridized carbons (Fsp3) is 0.375. The summed E-state index contributed by atoms with van der Waals surface area (Å²) in [6.45, 7) is 15.8. The zero-order chi connectivity index (χ0) is 18.4. The van der Waals surface area contributed by atoms with E-state index in [-0.39, 0.29) is 10.8 Å². The number of fused-ring (bicyclic) bond motifs is 1. The van der Waals surface area contributed by atoms with E-state index in [1.807, 2.05) is 6.20 Å². The van der Waals surface area contributed by atoms with Gasteiger partial charge in [-0.3, -0.25) is 4.98 Å². The molecule has 0 N–H and O–H groups in total. The second-order valence-electron chi connectivity index (χ2n) is 9.18. The minimum absolute atomic E-state index is 0.108. The maximum Gasteiger partial charge on any atom is 0.0780 e. The average Bonchev–Trinajstić information content (AvgIpc) is 2.52. The zero-order valence-electron chi connectivity index (χ0n) is 16.6. The van der Waals surface area contributed by atoms with Crippen molar-refractivity contribution in [2.24, 2.45) is 0 Å². The normalized spacial score (nSPS) is 12.6. The number of benzene rings is 2. The van der Waals surface area contributed by atoms with Gasteiger partial charge in [-0.25, -0.2) is 0 Å². The van der Waals surface area contributed by atoms with Crippen LogP contribution in [-0.2, 0) is 10.8 Å². The van der Waals surface area contributed by atoms with Crippen LogP contribution in [0.1, 0.15) is 58.2 Å². The number of hydrogen-bond donors (Lipinski definition) is 0. The molecule has 1 nitrogen and oxygen atoms in total. The van der Waals surface area contributed by atoms with Crippen LogP contribution in [0.25, 0.3) is 22.0 Å². The first kappa shape index (κ1) is 17.7. The van der Waals surface area contributed by atoms with Crippen LogP contribution in [0.3, 0.4) is 0 Å². The fourth-order valence-electron chi connectivity index (χ4n) is 3.16. The molecule has 3 aromatic rings. The number of hydrogen-bond acceptors (Lipinski definition) is 1. The summed E-state index contributed by atoms with van der Waals surface area (Å²) < 4.78 is 0. The van der Waals surface area contributed by atoms with Crippen molar-refractivity contribution < 1.29 is 0 Å². The third-order valence-corrected chi connectivity index (χ3v) is 4.86. The molecule has 1 heterocycles. The van der Waals surface area contributed by atoms with Gasteiger partial charge in [-0.1, -0.05) is 71.4 Å². The van der Waals surface area contributed by atoms with Crippen LogP contribution in [0, 0.1) is 6.92 Å². The van der Waals surface area contributed by atoms with Gasteiger partial charge in [0, 0.05) is 17.1 Å². The van der Waals surface area contributed by atoms with E-state index in [1.54, 1.807) is 0 Å². The monoisotopic (exact) mass is 331 g/mol. The summed E-state index contributed by atoms with van der Waals surface area (Å²) in [6, 6.07) is 15.7. The third-order valence-electron chi connectivity index (χ3n) is 4.86. The van der Waals surface area contributed by atoms with Crippen molar-refractivity contribution in [2.45, 2.75) is 59.3 Å². The number of rotatable bonds is 1. The molecule has 130 valence electrons. The molecule has 0 fully saturated rings. The Hall–Kier alpha value is -2.15. The van der Waals surface area contributed by atoms with Crippen molar-refractivity contribution in [3.8, 4) is 11.3 Å². The molecule has 1 heteroatoms. The predicted octanol–water partition coefficient (Wildman–Crippen LogP) is 6.81. The number of aromatic nitrogens is 1. The van der Waals surface area contributed by atoms with Gasteiger partial charge < -0.3 is 0 Å². The quantitative estimate of drug-likeness (QED) is 0.477. The van der Waals surface area contributed by atoms with Crippen molar-refractivity contribution in [1.82, 2.24) is 4.98 Å². The molecule has 0 aliphatic heterocycles. The summed E-state index contributed by atoms with van der Waals surface area (Å²) in [6.07, 6.45) is 1.93. The summed E-state index contributed by atoms with van der Waals surface area (Å²) in [4.78, 5) is 4.75. The first-order valence-corrected chi connectivity index (χ1v) is 9.07. The summed E-state index contributed by atoms with van der Waals surface area (Å²) in [5, 5.41) is 2.47. The van der Waals surface area contributed by atoms with Crippen molar-refractivity contribution in [1.29, 1.82) is 0 Å². The Balaban J connectivity index is 2.30. The second-order valence-corrected chi connectivity index (χ2v) is 9.18. The Morgan fingerprint density at radius 3 is 1.88 bits per heavy atom. The minimum Gasteiger partial charge on any atom is -0.256 e. The van der Waals surface area contributed by atoms with Crippen molar-refractivity contribution in [3.63, 3.8) is 0 Å². The zero-order valence-corrected chi connectivity index (χ0v) is 16.6. The molecular formula is C24H29N. The van der Waals surface area contributed by atoms with E-state index in [1.165, 1.54) is 33.0 Å². The Morgan fingerprint density at radius 2 is 1.32 bits per heavy atom. The summed E-state index contributed by atoms with van der Waals surface area (Å²) in [7, 11) is 0. The van der Waals surface area contributed by atoms with Crippen LogP contribution >= 0.6 is 0 Å². The van der Waals surface area contributed by atoms with Gasteiger partial charge >= 0.3 is 0 Å². The van der Waals surface area contributed by atoms with E-state index < -0.39 is 0 Å². The molecule has 0 unspecified atom stereocenters. The Labute approximate surface area is 152 Å². The minimum atomic E-state index is 0.108. The highest BCUT2D eigenvalue weighted by atomic mass is 14.7. The maximum absolute atomic E-state index is 4.75. The van der Waals surface area contributed by atoms with Crippen LogP contribution in [-0.4, -0.2) is 4.98 Å². The molecule has 25 heavy (non-hydrogen) atoms. The summed E-state index contributed by atoms with van der Waals surface area (Å²) >= 11 is 0. The molecule has 0 radical (unpaired) electrons. The molecule has 0 saturated heterocycles. The van der Waals surface area contributed by atoms with Crippen LogP contribution in [0.4, 0.5) is 0 Å². The van der Waals surface area contributed by atoms with Crippen molar-refractivity contribution in [2.75, 3.05) is 0 Å². The lowest BCUT2D eigenvalue weighted by Gasteiger charge is -2.26. The van der Waals surface area contributed by atoms with Crippen LogP contribution < -0.4 is 0 Å². The smallest absolute Gasteiger partial charge is 0.0780 e. The van der Waals surface area contributed by atoms with Crippen LogP contribution in [0.15, 0.2) is 48.7 Å². The molecule has 0 amide bonds. The maximum atomic E-state index is 4.75. The Bertz CT molecular complexity index is 889. The molecule has 0 aliphatic carbocycles. The molecule has 2 aromatic carbocycles. The van der Waals surface area contributed by atoms with Gasteiger partial charge in [0.05, 0.1) is 5.69 Å². The van der Waals surface area contributed by atoms with Gasteiger partial charge in [0.25, 0.3) is 0 Å². The van der Waals surface area contributed by atoms with Gasteiger partial charge in [-0.05, 0) is 52.5 Å². The molecule has 3 rings (SSSR count). The Kier molecular flexibility index (Phi) is 4.23. The lowest BCUT2D eigenvalue weighted by Crippen LogP contribution is -2.16. The van der Waals surface area contributed by atoms with E-state index >= 15 is 0 Å². The van der Waals surface area contributed by atoms with Gasteiger partial charge in [0.2, 0.25) is 0 Å². The topological polar surface area (TPSA) is 12.9 Å². The van der Waals surface area contributed by atoms with Gasteiger partial charge in [-0.15, -0.1) is 0 Å². The van der Waals surface area contributed by atoms with Crippen LogP contribution in [0.5, 0.6) is 0 Å². The van der Waals surface area contributed by atoms with E-state index in [0.29, 0.717) is 0 Å². The van der Waals surface area contributed by atoms with E-state index in [2.05, 4.69) is 90.9 Å². The third kappa shape index (κ3) is 3.61. The molecular weight excluding hydrogens is 302 g/mol. The SMILES string of the molecule is Cc1ccc2c(-c3cc(C(C)(C)C)cc(C(C)(C)C)c3)nccc2c1.